The van der Waals surface area contributed by atoms with Gasteiger partial charge in [0, 0.05) is 13.1 Å². The number of benzene rings is 1. The van der Waals surface area contributed by atoms with Gasteiger partial charge in [0.2, 0.25) is 5.28 Å². The summed E-state index contributed by atoms with van der Waals surface area (Å²) in [7, 11) is 0. The van der Waals surface area contributed by atoms with Gasteiger partial charge in [-0.25, -0.2) is 0 Å². The average Bonchev–Trinajstić information content (AvgIpc) is 2.95. The Labute approximate surface area is 133 Å². The van der Waals surface area contributed by atoms with E-state index in [9.17, 15) is 4.79 Å². The van der Waals surface area contributed by atoms with Crippen molar-refractivity contribution in [2.45, 2.75) is 19.3 Å². The highest BCUT2D eigenvalue weighted by Gasteiger charge is 2.19. The highest BCUT2D eigenvalue weighted by Crippen LogP contribution is 2.18. The molecule has 2 aromatic rings. The molecule has 0 radical (unpaired) electrons. The summed E-state index contributed by atoms with van der Waals surface area (Å²) in [4.78, 5) is 18.0. The topological polar surface area (TPSA) is 60.2 Å². The monoisotopic (exact) mass is 320 g/mol. The molecule has 1 amide bonds. The summed E-state index contributed by atoms with van der Waals surface area (Å²) in [5.41, 5.74) is 0.780. The number of para-hydroxylation sites is 1. The van der Waals surface area contributed by atoms with Crippen molar-refractivity contribution < 1.29 is 9.53 Å². The number of ether oxygens (including phenoxy) is 1. The molecule has 6 nitrogen and oxygen atoms in total. The Morgan fingerprint density at radius 2 is 1.91 bits per heavy atom. The maximum Gasteiger partial charge on any atom is 0.321 e. The molecule has 1 aliphatic rings. The molecule has 1 fully saturated rings. The second kappa shape index (κ2) is 6.79. The Balaban J connectivity index is 1.69. The Morgan fingerprint density at radius 1 is 1.18 bits per heavy atom. The van der Waals surface area contributed by atoms with Gasteiger partial charge < -0.3 is 9.64 Å². The van der Waals surface area contributed by atoms with Crippen LogP contribution in [-0.4, -0.2) is 45.3 Å². The van der Waals surface area contributed by atoms with E-state index >= 15 is 0 Å². The number of likely N-dealkylation sites (tertiary alicyclic amines) is 1. The van der Waals surface area contributed by atoms with Gasteiger partial charge in [-0.2, -0.15) is 9.67 Å². The van der Waals surface area contributed by atoms with Crippen LogP contribution in [0.2, 0.25) is 5.28 Å². The molecule has 0 spiro atoms. The van der Waals surface area contributed by atoms with E-state index in [0.717, 1.165) is 31.6 Å². The van der Waals surface area contributed by atoms with Crippen LogP contribution in [0.4, 0.5) is 0 Å². The number of carbonyl (C=O) groups is 1. The molecule has 1 aromatic carbocycles. The quantitative estimate of drug-likeness (QED) is 0.867. The Morgan fingerprint density at radius 3 is 2.64 bits per heavy atom. The lowest BCUT2D eigenvalue weighted by atomic mass is 10.1. The van der Waals surface area contributed by atoms with E-state index in [1.165, 1.54) is 11.1 Å². The number of aromatic nitrogens is 3. The highest BCUT2D eigenvalue weighted by molar-refractivity contribution is 6.28. The number of rotatable bonds is 4. The van der Waals surface area contributed by atoms with Gasteiger partial charge in [-0.05, 0) is 43.0 Å². The predicted molar refractivity (Wildman–Crippen MR) is 82.3 cm³/mol. The van der Waals surface area contributed by atoms with E-state index in [2.05, 4.69) is 10.1 Å². The number of piperidine rings is 1. The van der Waals surface area contributed by atoms with E-state index in [4.69, 9.17) is 16.3 Å². The number of hydrogen-bond donors (Lipinski definition) is 0. The fourth-order valence-corrected chi connectivity index (χ4v) is 2.61. The molecule has 0 N–H and O–H groups in total. The van der Waals surface area contributed by atoms with Crippen molar-refractivity contribution in [1.82, 2.24) is 19.7 Å². The van der Waals surface area contributed by atoms with E-state index < -0.39 is 0 Å². The zero-order valence-corrected chi connectivity index (χ0v) is 12.9. The molecule has 22 heavy (non-hydrogen) atoms. The minimum Gasteiger partial charge on any atom is -0.453 e. The first-order valence-corrected chi connectivity index (χ1v) is 7.70. The second-order valence-corrected chi connectivity index (χ2v) is 5.48. The van der Waals surface area contributed by atoms with Gasteiger partial charge in [0.1, 0.15) is 0 Å². The van der Waals surface area contributed by atoms with E-state index in [1.54, 1.807) is 0 Å². The summed E-state index contributed by atoms with van der Waals surface area (Å²) in [5.74, 6) is -0.0292. The van der Waals surface area contributed by atoms with Gasteiger partial charge in [-0.1, -0.05) is 18.2 Å². The van der Waals surface area contributed by atoms with Crippen molar-refractivity contribution in [2.24, 2.45) is 0 Å². The molecule has 0 bridgehead atoms. The third-order valence-electron chi connectivity index (χ3n) is 3.59. The van der Waals surface area contributed by atoms with Crippen LogP contribution in [0, 0.1) is 0 Å². The Kier molecular flexibility index (Phi) is 4.58. The van der Waals surface area contributed by atoms with E-state index in [1.807, 2.05) is 35.2 Å². The molecule has 0 atom stereocenters. The van der Waals surface area contributed by atoms with Crippen LogP contribution < -0.4 is 4.74 Å². The summed E-state index contributed by atoms with van der Waals surface area (Å²) in [6.45, 7) is 1.55. The zero-order valence-electron chi connectivity index (χ0n) is 12.1. The van der Waals surface area contributed by atoms with Crippen LogP contribution in [0.25, 0.3) is 5.69 Å². The van der Waals surface area contributed by atoms with Crippen molar-refractivity contribution in [1.29, 1.82) is 0 Å². The van der Waals surface area contributed by atoms with Crippen LogP contribution in [0.5, 0.6) is 6.01 Å². The highest BCUT2D eigenvalue weighted by atomic mass is 35.5. The van der Waals surface area contributed by atoms with Gasteiger partial charge in [-0.15, -0.1) is 5.10 Å². The van der Waals surface area contributed by atoms with Gasteiger partial charge in [0.05, 0.1) is 5.69 Å². The summed E-state index contributed by atoms with van der Waals surface area (Å²) in [6.07, 6.45) is 3.29. The summed E-state index contributed by atoms with van der Waals surface area (Å²) < 4.78 is 7.03. The van der Waals surface area contributed by atoms with Crippen LogP contribution in [-0.2, 0) is 4.79 Å². The lowest BCUT2D eigenvalue weighted by Gasteiger charge is -2.26. The van der Waals surface area contributed by atoms with Gasteiger partial charge in [-0.3, -0.25) is 4.79 Å². The lowest BCUT2D eigenvalue weighted by molar-refractivity contribution is -0.134. The molecule has 0 unspecified atom stereocenters. The largest absolute Gasteiger partial charge is 0.453 e. The number of nitrogens with zero attached hydrogens (tertiary/aromatic N) is 4. The van der Waals surface area contributed by atoms with Crippen molar-refractivity contribution in [3.8, 4) is 11.7 Å². The second-order valence-electron chi connectivity index (χ2n) is 5.14. The average molecular weight is 321 g/mol. The van der Waals surface area contributed by atoms with Gasteiger partial charge in [0.25, 0.3) is 5.91 Å². The molecular weight excluding hydrogens is 304 g/mol. The first-order chi connectivity index (χ1) is 10.7. The summed E-state index contributed by atoms with van der Waals surface area (Å²) in [5, 5.41) is 4.18. The molecule has 2 heterocycles. The first-order valence-electron chi connectivity index (χ1n) is 7.32. The van der Waals surface area contributed by atoms with Crippen molar-refractivity contribution in [2.75, 3.05) is 19.7 Å². The predicted octanol–water partition coefficient (Wildman–Crippen LogP) is 2.31. The molecule has 7 heteroatoms. The molecule has 1 aromatic heterocycles. The molecule has 1 aliphatic heterocycles. The molecule has 0 aliphatic carbocycles. The number of halogens is 1. The van der Waals surface area contributed by atoms with Crippen molar-refractivity contribution in [3.63, 3.8) is 0 Å². The SMILES string of the molecule is O=C(COc1nc(Cl)nn1-c1ccccc1)N1CCCCC1. The third kappa shape index (κ3) is 3.39. The molecule has 3 rings (SSSR count). The van der Waals surface area contributed by atoms with E-state index in [0.29, 0.717) is 0 Å². The minimum absolute atomic E-state index is 0.0292. The molecular formula is C15H17ClN4O2. The van der Waals surface area contributed by atoms with Crippen molar-refractivity contribution in [3.05, 3.63) is 35.6 Å². The van der Waals surface area contributed by atoms with Gasteiger partial charge in [0.15, 0.2) is 6.61 Å². The first kappa shape index (κ1) is 14.8. The fraction of sp³-hybridized carbons (Fsp3) is 0.400. The molecule has 1 saturated heterocycles. The molecule has 116 valence electrons. The number of amides is 1. The van der Waals surface area contributed by atoms with Crippen LogP contribution in [0.3, 0.4) is 0 Å². The number of carbonyl (C=O) groups excluding carboxylic acids is 1. The zero-order chi connectivity index (χ0) is 15.4. The van der Waals surface area contributed by atoms with Crippen LogP contribution in [0.15, 0.2) is 30.3 Å². The van der Waals surface area contributed by atoms with Crippen LogP contribution >= 0.6 is 11.6 Å². The van der Waals surface area contributed by atoms with Gasteiger partial charge >= 0.3 is 6.01 Å². The maximum absolute atomic E-state index is 12.1. The normalized spacial score (nSPS) is 14.9. The van der Waals surface area contributed by atoms with Crippen molar-refractivity contribution >= 4 is 17.5 Å². The summed E-state index contributed by atoms with van der Waals surface area (Å²) >= 11 is 5.86. The number of hydrogen-bond acceptors (Lipinski definition) is 4. The fourth-order valence-electron chi connectivity index (χ4n) is 2.47. The smallest absolute Gasteiger partial charge is 0.321 e. The van der Waals surface area contributed by atoms with Crippen LogP contribution in [0.1, 0.15) is 19.3 Å². The molecule has 0 saturated carbocycles. The standard InChI is InChI=1S/C15H17ClN4O2/c16-14-17-15(20(18-14)12-7-3-1-4-8-12)22-11-13(21)19-9-5-2-6-10-19/h1,3-4,7-8H,2,5-6,9-11H2. The third-order valence-corrected chi connectivity index (χ3v) is 3.75. The minimum atomic E-state index is -0.0537. The maximum atomic E-state index is 12.1. The summed E-state index contributed by atoms with van der Waals surface area (Å²) in [6, 6.07) is 9.62. The Bertz CT molecular complexity index is 638. The Hall–Kier alpha value is -2.08. The lowest BCUT2D eigenvalue weighted by Crippen LogP contribution is -2.38. The van der Waals surface area contributed by atoms with E-state index in [-0.39, 0.29) is 23.8 Å².